The van der Waals surface area contributed by atoms with Crippen LogP contribution in [0.4, 0.5) is 0 Å². The molecule has 0 radical (unpaired) electrons. The van der Waals surface area contributed by atoms with Crippen molar-refractivity contribution in [1.82, 2.24) is 4.98 Å². The van der Waals surface area contributed by atoms with E-state index < -0.39 is 5.60 Å². The van der Waals surface area contributed by atoms with Gasteiger partial charge in [-0.3, -0.25) is 4.98 Å². The molecule has 0 aromatic carbocycles. The quantitative estimate of drug-likeness (QED) is 0.606. The van der Waals surface area contributed by atoms with E-state index in [4.69, 9.17) is 0 Å². The fourth-order valence-corrected chi connectivity index (χ4v) is 7.81. The Labute approximate surface area is 170 Å². The van der Waals surface area contributed by atoms with Crippen molar-refractivity contribution in [3.05, 3.63) is 47.8 Å². The summed E-state index contributed by atoms with van der Waals surface area (Å²) in [6.45, 7) is 9.47. The van der Waals surface area contributed by atoms with E-state index in [0.29, 0.717) is 11.3 Å². The maximum atomic E-state index is 10.7. The van der Waals surface area contributed by atoms with Crippen LogP contribution in [0, 0.1) is 34.5 Å². The summed E-state index contributed by atoms with van der Waals surface area (Å²) >= 11 is 0. The first-order valence-corrected chi connectivity index (χ1v) is 11.3. The summed E-state index contributed by atoms with van der Waals surface area (Å²) in [5.41, 5.74) is 4.41. The Bertz CT molecular complexity index is 837. The summed E-state index contributed by atoms with van der Waals surface area (Å²) in [6, 6.07) is 4.32. The van der Waals surface area contributed by atoms with E-state index in [-0.39, 0.29) is 5.41 Å². The van der Waals surface area contributed by atoms with Gasteiger partial charge in [0.25, 0.3) is 0 Å². The van der Waals surface area contributed by atoms with Gasteiger partial charge >= 0.3 is 0 Å². The minimum atomic E-state index is -0.610. The van der Waals surface area contributed by atoms with Gasteiger partial charge < -0.3 is 5.11 Å². The highest BCUT2D eigenvalue weighted by molar-refractivity contribution is 5.72. The molecule has 1 aromatic rings. The van der Waals surface area contributed by atoms with Crippen LogP contribution in [0.5, 0.6) is 0 Å². The Morgan fingerprint density at radius 2 is 1.89 bits per heavy atom. The molecule has 0 amide bonds. The lowest BCUT2D eigenvalue weighted by Gasteiger charge is -2.60. The van der Waals surface area contributed by atoms with Crippen LogP contribution in [-0.2, 0) is 0 Å². The van der Waals surface area contributed by atoms with E-state index in [2.05, 4.69) is 56.2 Å². The second kappa shape index (κ2) is 6.05. The fraction of sp³-hybridized carbons (Fsp3) is 0.654. The van der Waals surface area contributed by atoms with Crippen LogP contribution < -0.4 is 0 Å². The molecule has 4 aliphatic rings. The molecule has 150 valence electrons. The molecule has 1 N–H and O–H groups in total. The third-order valence-electron chi connectivity index (χ3n) is 9.24. The van der Waals surface area contributed by atoms with Gasteiger partial charge in [-0.1, -0.05) is 44.6 Å². The number of pyridine rings is 1. The lowest BCUT2D eigenvalue weighted by atomic mass is 9.44. The molecule has 0 bridgehead atoms. The van der Waals surface area contributed by atoms with Gasteiger partial charge in [0, 0.05) is 12.4 Å². The third kappa shape index (κ3) is 2.53. The van der Waals surface area contributed by atoms with Crippen molar-refractivity contribution in [3.8, 4) is 0 Å². The SMILES string of the molecule is CC1CC2C3CC=C(c4cccnc4)C3(C)CCC2C2(C)CCC(C)(O)C=C12. The molecule has 2 nitrogen and oxygen atoms in total. The summed E-state index contributed by atoms with van der Waals surface area (Å²) in [5.74, 6) is 2.91. The number of rotatable bonds is 1. The van der Waals surface area contributed by atoms with Crippen LogP contribution in [-0.4, -0.2) is 15.7 Å². The summed E-state index contributed by atoms with van der Waals surface area (Å²) in [5, 5.41) is 10.7. The molecule has 7 unspecified atom stereocenters. The zero-order valence-corrected chi connectivity index (χ0v) is 17.9. The van der Waals surface area contributed by atoms with E-state index in [1.165, 1.54) is 31.2 Å². The number of aromatic nitrogens is 1. The average molecular weight is 378 g/mol. The monoisotopic (exact) mass is 377 g/mol. The highest BCUT2D eigenvalue weighted by atomic mass is 16.3. The Balaban J connectivity index is 1.50. The van der Waals surface area contributed by atoms with Crippen molar-refractivity contribution in [2.24, 2.45) is 34.5 Å². The molecule has 2 heteroatoms. The Kier molecular flexibility index (Phi) is 4.02. The number of fused-ring (bicyclic) bond motifs is 5. The molecular weight excluding hydrogens is 342 g/mol. The minimum absolute atomic E-state index is 0.281. The van der Waals surface area contributed by atoms with E-state index >= 15 is 0 Å². The lowest BCUT2D eigenvalue weighted by Crippen LogP contribution is -2.52. The van der Waals surface area contributed by atoms with Crippen LogP contribution in [0.15, 0.2) is 42.3 Å². The first-order valence-electron chi connectivity index (χ1n) is 11.3. The number of hydrogen-bond acceptors (Lipinski definition) is 2. The van der Waals surface area contributed by atoms with Gasteiger partial charge in [0.05, 0.1) is 5.60 Å². The zero-order valence-electron chi connectivity index (χ0n) is 17.9. The summed E-state index contributed by atoms with van der Waals surface area (Å²) < 4.78 is 0. The summed E-state index contributed by atoms with van der Waals surface area (Å²) in [6.07, 6.45) is 15.9. The molecule has 5 rings (SSSR count). The van der Waals surface area contributed by atoms with Gasteiger partial charge in [-0.25, -0.2) is 0 Å². The third-order valence-corrected chi connectivity index (χ3v) is 9.24. The van der Waals surface area contributed by atoms with E-state index in [1.807, 2.05) is 13.1 Å². The van der Waals surface area contributed by atoms with Crippen LogP contribution in [0.25, 0.3) is 5.57 Å². The van der Waals surface area contributed by atoms with Crippen LogP contribution in [0.1, 0.15) is 71.8 Å². The first kappa shape index (κ1) is 18.6. The molecule has 28 heavy (non-hydrogen) atoms. The molecule has 1 heterocycles. The van der Waals surface area contributed by atoms with Gasteiger partial charge in [0.2, 0.25) is 0 Å². The van der Waals surface area contributed by atoms with Crippen molar-refractivity contribution >= 4 is 5.57 Å². The molecular formula is C26H35NO. The Hall–Kier alpha value is -1.41. The Morgan fingerprint density at radius 3 is 2.64 bits per heavy atom. The molecule has 2 fully saturated rings. The van der Waals surface area contributed by atoms with Gasteiger partial charge in [-0.15, -0.1) is 0 Å². The van der Waals surface area contributed by atoms with Crippen LogP contribution in [0.2, 0.25) is 0 Å². The molecule has 0 saturated heterocycles. The highest BCUT2D eigenvalue weighted by Gasteiger charge is 2.58. The summed E-state index contributed by atoms with van der Waals surface area (Å²) in [4.78, 5) is 4.40. The van der Waals surface area contributed by atoms with Gasteiger partial charge in [0.1, 0.15) is 0 Å². The van der Waals surface area contributed by atoms with Gasteiger partial charge in [-0.2, -0.15) is 0 Å². The summed E-state index contributed by atoms with van der Waals surface area (Å²) in [7, 11) is 0. The number of hydrogen-bond donors (Lipinski definition) is 1. The molecule has 2 saturated carbocycles. The molecule has 1 aromatic heterocycles. The first-order chi connectivity index (χ1) is 13.2. The second-order valence-corrected chi connectivity index (χ2v) is 10.9. The van der Waals surface area contributed by atoms with Crippen molar-refractivity contribution in [3.63, 3.8) is 0 Å². The predicted octanol–water partition coefficient (Wildman–Crippen LogP) is 6.03. The van der Waals surface area contributed by atoms with E-state index in [0.717, 1.165) is 30.6 Å². The minimum Gasteiger partial charge on any atom is -0.386 e. The highest BCUT2D eigenvalue weighted by Crippen LogP contribution is 2.67. The Morgan fingerprint density at radius 1 is 1.07 bits per heavy atom. The number of aliphatic hydroxyl groups is 1. The van der Waals surface area contributed by atoms with E-state index in [1.54, 1.807) is 11.1 Å². The largest absolute Gasteiger partial charge is 0.386 e. The molecule has 0 aliphatic heterocycles. The van der Waals surface area contributed by atoms with Crippen molar-refractivity contribution < 1.29 is 5.11 Å². The second-order valence-electron chi connectivity index (χ2n) is 10.9. The fourth-order valence-electron chi connectivity index (χ4n) is 7.81. The number of allylic oxidation sites excluding steroid dienone is 3. The van der Waals surface area contributed by atoms with Gasteiger partial charge in [0.15, 0.2) is 0 Å². The predicted molar refractivity (Wildman–Crippen MR) is 114 cm³/mol. The van der Waals surface area contributed by atoms with Crippen molar-refractivity contribution in [2.45, 2.75) is 71.8 Å². The van der Waals surface area contributed by atoms with Crippen molar-refractivity contribution in [1.29, 1.82) is 0 Å². The lowest BCUT2D eigenvalue weighted by molar-refractivity contribution is -0.0498. The molecule has 7 atom stereocenters. The van der Waals surface area contributed by atoms with Crippen LogP contribution in [0.3, 0.4) is 0 Å². The molecule has 0 spiro atoms. The average Bonchev–Trinajstić information content (AvgIpc) is 3.01. The van der Waals surface area contributed by atoms with Crippen LogP contribution >= 0.6 is 0 Å². The standard InChI is InChI=1S/C26H35NO/c1-17-14-19-21-8-7-20(18-6-5-13-27-16-18)25(21,3)10-9-22(19)26(4)12-11-24(2,28)15-23(17)26/h5-7,13,15-17,19,21-22,28H,8-12,14H2,1-4H3. The zero-order chi connectivity index (χ0) is 19.7. The normalized spacial score (nSPS) is 47.5. The topological polar surface area (TPSA) is 33.1 Å². The van der Waals surface area contributed by atoms with Gasteiger partial charge in [-0.05, 0) is 97.2 Å². The number of nitrogens with zero attached hydrogens (tertiary/aromatic N) is 1. The maximum Gasteiger partial charge on any atom is 0.0802 e. The molecule has 4 aliphatic carbocycles. The van der Waals surface area contributed by atoms with Crippen molar-refractivity contribution in [2.75, 3.05) is 0 Å². The van der Waals surface area contributed by atoms with E-state index in [9.17, 15) is 5.11 Å². The smallest absolute Gasteiger partial charge is 0.0802 e. The maximum absolute atomic E-state index is 10.7.